The van der Waals surface area contributed by atoms with Crippen LogP contribution >= 0.6 is 0 Å². The van der Waals surface area contributed by atoms with Crippen LogP contribution in [0.15, 0.2) is 48.6 Å². The topological polar surface area (TPSA) is 46.5 Å². The molecule has 130 valence electrons. The Labute approximate surface area is 141 Å². The molecular formula is C20H32O3. The standard InChI is InChI=1S/C20H32O3/c1-2-3-4-5-6-7-8-9-10-11-12-13-14-15-16-17-18-19-20(21)23-22/h6-7,9-14,22H,2-5,8,15-19H2,1H3/b7-6-,10-9?,12-11?,14-13+. The zero-order valence-electron chi connectivity index (χ0n) is 14.5. The highest BCUT2D eigenvalue weighted by molar-refractivity contribution is 5.68. The minimum absolute atomic E-state index is 0.290. The van der Waals surface area contributed by atoms with Crippen molar-refractivity contribution in [2.24, 2.45) is 0 Å². The molecule has 0 spiro atoms. The van der Waals surface area contributed by atoms with Crippen LogP contribution in [0.4, 0.5) is 0 Å². The quantitative estimate of drug-likeness (QED) is 0.137. The Bertz CT molecular complexity index is 378. The molecule has 0 radical (unpaired) electrons. The van der Waals surface area contributed by atoms with Gasteiger partial charge in [-0.25, -0.2) is 4.79 Å². The number of hydrogen-bond acceptors (Lipinski definition) is 3. The van der Waals surface area contributed by atoms with Gasteiger partial charge in [-0.2, -0.15) is 5.26 Å². The summed E-state index contributed by atoms with van der Waals surface area (Å²) >= 11 is 0. The normalized spacial score (nSPS) is 12.3. The zero-order chi connectivity index (χ0) is 17.0. The van der Waals surface area contributed by atoms with Gasteiger partial charge in [0.15, 0.2) is 0 Å². The Morgan fingerprint density at radius 1 is 0.826 bits per heavy atom. The van der Waals surface area contributed by atoms with E-state index < -0.39 is 5.97 Å². The lowest BCUT2D eigenvalue weighted by molar-refractivity contribution is -0.234. The van der Waals surface area contributed by atoms with Crippen LogP contribution in [-0.4, -0.2) is 11.2 Å². The second-order valence-electron chi connectivity index (χ2n) is 5.51. The van der Waals surface area contributed by atoms with Crippen molar-refractivity contribution in [3.05, 3.63) is 48.6 Å². The van der Waals surface area contributed by atoms with Crippen molar-refractivity contribution in [1.82, 2.24) is 0 Å². The molecule has 0 aliphatic carbocycles. The SMILES string of the molecule is CCCCC/C=C\CC=CC=C/C=C/CCCCCC(=O)OO. The molecule has 0 bridgehead atoms. The minimum atomic E-state index is -0.550. The van der Waals surface area contributed by atoms with E-state index in [2.05, 4.69) is 42.2 Å². The Kier molecular flexibility index (Phi) is 17.1. The highest BCUT2D eigenvalue weighted by Crippen LogP contribution is 2.04. The molecule has 0 aliphatic rings. The number of carbonyl (C=O) groups excluding carboxylic acids is 1. The van der Waals surface area contributed by atoms with Gasteiger partial charge in [0.05, 0.1) is 0 Å². The average Bonchev–Trinajstić information content (AvgIpc) is 2.57. The summed E-state index contributed by atoms with van der Waals surface area (Å²) in [6, 6.07) is 0. The summed E-state index contributed by atoms with van der Waals surface area (Å²) in [5.41, 5.74) is 0. The first-order valence-corrected chi connectivity index (χ1v) is 8.78. The summed E-state index contributed by atoms with van der Waals surface area (Å²) < 4.78 is 0. The van der Waals surface area contributed by atoms with Crippen molar-refractivity contribution >= 4 is 5.97 Å². The molecule has 0 heterocycles. The van der Waals surface area contributed by atoms with E-state index >= 15 is 0 Å². The first-order valence-electron chi connectivity index (χ1n) is 8.78. The lowest BCUT2D eigenvalue weighted by Gasteiger charge is -1.96. The summed E-state index contributed by atoms with van der Waals surface area (Å²) in [4.78, 5) is 14.3. The van der Waals surface area contributed by atoms with Gasteiger partial charge in [-0.15, -0.1) is 0 Å². The van der Waals surface area contributed by atoms with Gasteiger partial charge >= 0.3 is 5.97 Å². The molecule has 0 saturated heterocycles. The van der Waals surface area contributed by atoms with Crippen molar-refractivity contribution in [1.29, 1.82) is 0 Å². The molecule has 0 atom stereocenters. The molecule has 0 aliphatic heterocycles. The molecule has 23 heavy (non-hydrogen) atoms. The lowest BCUT2D eigenvalue weighted by Crippen LogP contribution is -1.99. The molecule has 0 saturated carbocycles. The van der Waals surface area contributed by atoms with Gasteiger partial charge in [0.1, 0.15) is 0 Å². The van der Waals surface area contributed by atoms with Crippen LogP contribution in [0.5, 0.6) is 0 Å². The summed E-state index contributed by atoms with van der Waals surface area (Å²) in [6.07, 6.45) is 27.1. The highest BCUT2D eigenvalue weighted by Gasteiger charge is 1.99. The van der Waals surface area contributed by atoms with E-state index in [0.717, 1.165) is 32.1 Å². The van der Waals surface area contributed by atoms with Crippen LogP contribution < -0.4 is 0 Å². The maximum atomic E-state index is 10.7. The van der Waals surface area contributed by atoms with Crippen LogP contribution in [-0.2, 0) is 9.68 Å². The van der Waals surface area contributed by atoms with Crippen molar-refractivity contribution < 1.29 is 14.9 Å². The Hall–Kier alpha value is -1.61. The van der Waals surface area contributed by atoms with Gasteiger partial charge in [0, 0.05) is 6.42 Å². The van der Waals surface area contributed by atoms with Gasteiger partial charge in [-0.3, -0.25) is 0 Å². The predicted octanol–water partition coefficient (Wildman–Crippen LogP) is 6.15. The fourth-order valence-corrected chi connectivity index (χ4v) is 2.02. The van der Waals surface area contributed by atoms with Gasteiger partial charge in [-0.05, 0) is 38.5 Å². The van der Waals surface area contributed by atoms with Gasteiger partial charge in [0.2, 0.25) is 0 Å². The number of rotatable bonds is 14. The minimum Gasteiger partial charge on any atom is -0.301 e. The molecule has 0 amide bonds. The maximum Gasteiger partial charge on any atom is 0.342 e. The second kappa shape index (κ2) is 18.4. The summed E-state index contributed by atoms with van der Waals surface area (Å²) in [5, 5.41) is 8.09. The van der Waals surface area contributed by atoms with Crippen LogP contribution in [0.25, 0.3) is 0 Å². The van der Waals surface area contributed by atoms with Crippen molar-refractivity contribution in [3.63, 3.8) is 0 Å². The molecule has 0 rings (SSSR count). The predicted molar refractivity (Wildman–Crippen MR) is 97.1 cm³/mol. The van der Waals surface area contributed by atoms with Crippen LogP contribution in [0.3, 0.4) is 0 Å². The smallest absolute Gasteiger partial charge is 0.301 e. The monoisotopic (exact) mass is 320 g/mol. The molecule has 3 heteroatoms. The van der Waals surface area contributed by atoms with E-state index in [1.807, 2.05) is 18.2 Å². The van der Waals surface area contributed by atoms with Crippen molar-refractivity contribution in [3.8, 4) is 0 Å². The Morgan fingerprint density at radius 2 is 1.52 bits per heavy atom. The number of unbranched alkanes of at least 4 members (excludes halogenated alkanes) is 6. The van der Waals surface area contributed by atoms with Gasteiger partial charge < -0.3 is 4.89 Å². The van der Waals surface area contributed by atoms with Crippen molar-refractivity contribution in [2.45, 2.75) is 71.1 Å². The number of hydrogen-bond donors (Lipinski definition) is 1. The van der Waals surface area contributed by atoms with E-state index in [1.165, 1.54) is 25.7 Å². The third-order valence-corrected chi connectivity index (χ3v) is 3.37. The van der Waals surface area contributed by atoms with Crippen LogP contribution in [0.1, 0.15) is 71.1 Å². The van der Waals surface area contributed by atoms with E-state index in [-0.39, 0.29) is 6.42 Å². The summed E-state index contributed by atoms with van der Waals surface area (Å²) in [7, 11) is 0. The highest BCUT2D eigenvalue weighted by atomic mass is 17.1. The molecule has 1 N–H and O–H groups in total. The molecule has 0 aromatic carbocycles. The summed E-state index contributed by atoms with van der Waals surface area (Å²) in [5.74, 6) is -0.550. The largest absolute Gasteiger partial charge is 0.342 e. The third-order valence-electron chi connectivity index (χ3n) is 3.37. The Balaban J connectivity index is 3.44. The maximum absolute atomic E-state index is 10.7. The number of allylic oxidation sites excluding steroid dienone is 8. The average molecular weight is 320 g/mol. The van der Waals surface area contributed by atoms with Crippen LogP contribution in [0.2, 0.25) is 0 Å². The van der Waals surface area contributed by atoms with Crippen molar-refractivity contribution in [2.75, 3.05) is 0 Å². The fourth-order valence-electron chi connectivity index (χ4n) is 2.02. The fraction of sp³-hybridized carbons (Fsp3) is 0.550. The third kappa shape index (κ3) is 18.3. The van der Waals surface area contributed by atoms with E-state index in [4.69, 9.17) is 5.26 Å². The zero-order valence-corrected chi connectivity index (χ0v) is 14.5. The number of carbonyl (C=O) groups is 1. The lowest BCUT2D eigenvalue weighted by atomic mass is 10.1. The molecule has 0 unspecified atom stereocenters. The first kappa shape index (κ1) is 21.4. The molecule has 3 nitrogen and oxygen atoms in total. The molecule has 0 fully saturated rings. The molecule has 0 aromatic heterocycles. The van der Waals surface area contributed by atoms with E-state index in [0.29, 0.717) is 0 Å². The van der Waals surface area contributed by atoms with E-state index in [1.54, 1.807) is 0 Å². The summed E-state index contributed by atoms with van der Waals surface area (Å²) in [6.45, 7) is 2.23. The van der Waals surface area contributed by atoms with Gasteiger partial charge in [-0.1, -0.05) is 74.8 Å². The van der Waals surface area contributed by atoms with Crippen LogP contribution in [0, 0.1) is 0 Å². The second-order valence-corrected chi connectivity index (χ2v) is 5.51. The first-order chi connectivity index (χ1) is 11.3. The molecular weight excluding hydrogens is 288 g/mol. The van der Waals surface area contributed by atoms with E-state index in [9.17, 15) is 4.79 Å². The molecule has 0 aromatic rings. The van der Waals surface area contributed by atoms with Gasteiger partial charge in [0.25, 0.3) is 0 Å². The Morgan fingerprint density at radius 3 is 2.26 bits per heavy atom.